The minimum absolute atomic E-state index is 0.0605. The lowest BCUT2D eigenvalue weighted by molar-refractivity contribution is -0.140. The van der Waals surface area contributed by atoms with Crippen LogP contribution in [0.25, 0.3) is 0 Å². The van der Waals surface area contributed by atoms with Crippen LogP contribution in [0, 0.1) is 5.92 Å². The van der Waals surface area contributed by atoms with E-state index in [4.69, 9.17) is 9.26 Å². The standard InChI is InChI=1S/C17H26N2O5/c1-11(2)15(16(21)22)13-8-14(18-24-13)23-9-12-4-6-17(10-20)5-3-7-19(12)17/h8,11-12,15,20H,3-7,9-10H2,1-2H3,(H,21,22)/t12-,15?,17?/m0/s1. The molecule has 2 saturated heterocycles. The lowest BCUT2D eigenvalue weighted by Crippen LogP contribution is -2.46. The van der Waals surface area contributed by atoms with Gasteiger partial charge in [-0.3, -0.25) is 9.69 Å². The molecule has 3 atom stereocenters. The van der Waals surface area contributed by atoms with Gasteiger partial charge in [0.15, 0.2) is 5.76 Å². The Bertz CT molecular complexity index is 587. The predicted octanol–water partition coefficient (Wildman–Crippen LogP) is 1.87. The highest BCUT2D eigenvalue weighted by atomic mass is 16.5. The maximum atomic E-state index is 11.4. The lowest BCUT2D eigenvalue weighted by Gasteiger charge is -2.33. The van der Waals surface area contributed by atoms with Gasteiger partial charge in [0.25, 0.3) is 5.88 Å². The van der Waals surface area contributed by atoms with Gasteiger partial charge in [-0.15, -0.1) is 0 Å². The summed E-state index contributed by atoms with van der Waals surface area (Å²) in [6.45, 7) is 5.34. The van der Waals surface area contributed by atoms with Crippen LogP contribution in [0.3, 0.4) is 0 Å². The summed E-state index contributed by atoms with van der Waals surface area (Å²) in [5.74, 6) is -1.08. The number of carbonyl (C=O) groups is 1. The fraction of sp³-hybridized carbons (Fsp3) is 0.765. The first-order valence-electron chi connectivity index (χ1n) is 8.66. The molecule has 2 N–H and O–H groups in total. The summed E-state index contributed by atoms with van der Waals surface area (Å²) in [5.41, 5.74) is -0.0605. The Morgan fingerprint density at radius 3 is 3.00 bits per heavy atom. The molecule has 0 aromatic carbocycles. The SMILES string of the molecule is CC(C)C(C(=O)O)c1cc(OC[C@@H]2CCC3(CO)CCCN23)no1. The molecular formula is C17H26N2O5. The van der Waals surface area contributed by atoms with Crippen LogP contribution in [0.1, 0.15) is 51.2 Å². The maximum absolute atomic E-state index is 11.4. The highest BCUT2D eigenvalue weighted by Gasteiger charge is 2.48. The number of carboxylic acids is 1. The highest BCUT2D eigenvalue weighted by Crippen LogP contribution is 2.42. The van der Waals surface area contributed by atoms with Gasteiger partial charge in [0.05, 0.1) is 6.61 Å². The summed E-state index contributed by atoms with van der Waals surface area (Å²) >= 11 is 0. The molecule has 2 aliphatic heterocycles. The van der Waals surface area contributed by atoms with Crippen LogP contribution in [0.5, 0.6) is 5.88 Å². The van der Waals surface area contributed by atoms with Crippen molar-refractivity contribution in [2.75, 3.05) is 19.8 Å². The Morgan fingerprint density at radius 1 is 1.54 bits per heavy atom. The summed E-state index contributed by atoms with van der Waals surface area (Å²) in [6.07, 6.45) is 4.15. The first-order chi connectivity index (χ1) is 11.5. The van der Waals surface area contributed by atoms with E-state index >= 15 is 0 Å². The number of aromatic nitrogens is 1. The highest BCUT2D eigenvalue weighted by molar-refractivity contribution is 5.75. The molecule has 2 fully saturated rings. The van der Waals surface area contributed by atoms with Crippen molar-refractivity contribution in [3.8, 4) is 5.88 Å². The molecule has 0 saturated carbocycles. The number of hydrogen-bond acceptors (Lipinski definition) is 6. The van der Waals surface area contributed by atoms with Crippen molar-refractivity contribution in [1.82, 2.24) is 10.1 Å². The second-order valence-corrected chi connectivity index (χ2v) is 7.31. The number of aliphatic hydroxyl groups is 1. The quantitative estimate of drug-likeness (QED) is 0.783. The molecule has 7 heteroatoms. The van der Waals surface area contributed by atoms with E-state index in [0.29, 0.717) is 18.2 Å². The third-order valence-corrected chi connectivity index (χ3v) is 5.50. The third kappa shape index (κ3) is 3.02. The zero-order valence-electron chi connectivity index (χ0n) is 14.3. The number of carboxylic acid groups (broad SMARTS) is 1. The van der Waals surface area contributed by atoms with E-state index in [0.717, 1.165) is 32.2 Å². The van der Waals surface area contributed by atoms with Crippen LogP contribution in [-0.4, -0.2) is 57.6 Å². The number of aliphatic carboxylic acids is 1. The monoisotopic (exact) mass is 338 g/mol. The summed E-state index contributed by atoms with van der Waals surface area (Å²) < 4.78 is 10.9. The Morgan fingerprint density at radius 2 is 2.33 bits per heavy atom. The van der Waals surface area contributed by atoms with Crippen LogP contribution in [0.15, 0.2) is 10.6 Å². The van der Waals surface area contributed by atoms with Crippen molar-refractivity contribution in [2.45, 2.75) is 57.0 Å². The summed E-state index contributed by atoms with van der Waals surface area (Å²) in [5, 5.41) is 22.9. The molecule has 3 heterocycles. The molecular weight excluding hydrogens is 312 g/mol. The number of rotatable bonds is 7. The molecule has 1 aromatic rings. The van der Waals surface area contributed by atoms with Gasteiger partial charge in [0.2, 0.25) is 0 Å². The number of hydrogen-bond donors (Lipinski definition) is 2. The Labute approximate surface area is 141 Å². The maximum Gasteiger partial charge on any atom is 0.314 e. The molecule has 2 unspecified atom stereocenters. The largest absolute Gasteiger partial charge is 0.481 e. The molecule has 2 aliphatic rings. The van der Waals surface area contributed by atoms with Crippen LogP contribution >= 0.6 is 0 Å². The minimum Gasteiger partial charge on any atom is -0.481 e. The van der Waals surface area contributed by atoms with E-state index in [-0.39, 0.29) is 24.1 Å². The summed E-state index contributed by atoms with van der Waals surface area (Å²) in [6, 6.07) is 1.84. The van der Waals surface area contributed by atoms with Crippen molar-refractivity contribution >= 4 is 5.97 Å². The third-order valence-electron chi connectivity index (χ3n) is 5.50. The van der Waals surface area contributed by atoms with Gasteiger partial charge in [-0.1, -0.05) is 13.8 Å². The summed E-state index contributed by atoms with van der Waals surface area (Å²) in [4.78, 5) is 13.7. The smallest absolute Gasteiger partial charge is 0.314 e. The normalized spacial score (nSPS) is 28.2. The zero-order valence-corrected chi connectivity index (χ0v) is 14.3. The van der Waals surface area contributed by atoms with Crippen molar-refractivity contribution in [1.29, 1.82) is 0 Å². The molecule has 3 rings (SSSR count). The molecule has 1 aromatic heterocycles. The second-order valence-electron chi connectivity index (χ2n) is 7.31. The molecule has 0 spiro atoms. The number of nitrogens with zero attached hydrogens (tertiary/aromatic N) is 2. The van der Waals surface area contributed by atoms with E-state index in [1.165, 1.54) is 0 Å². The van der Waals surface area contributed by atoms with Crippen LogP contribution in [-0.2, 0) is 4.79 Å². The van der Waals surface area contributed by atoms with Gasteiger partial charge in [0, 0.05) is 17.6 Å². The number of fused-ring (bicyclic) bond motifs is 1. The Hall–Kier alpha value is -1.60. The average Bonchev–Trinajstić information content (AvgIpc) is 3.20. The van der Waals surface area contributed by atoms with Crippen LogP contribution in [0.4, 0.5) is 0 Å². The first-order valence-corrected chi connectivity index (χ1v) is 8.66. The fourth-order valence-electron chi connectivity index (χ4n) is 4.21. The van der Waals surface area contributed by atoms with Gasteiger partial charge in [0.1, 0.15) is 12.5 Å². The van der Waals surface area contributed by atoms with Gasteiger partial charge < -0.3 is 19.5 Å². The van der Waals surface area contributed by atoms with E-state index in [1.807, 2.05) is 13.8 Å². The predicted molar refractivity (Wildman–Crippen MR) is 86.0 cm³/mol. The van der Waals surface area contributed by atoms with Crippen molar-refractivity contribution in [2.24, 2.45) is 5.92 Å². The minimum atomic E-state index is -0.923. The summed E-state index contributed by atoms with van der Waals surface area (Å²) in [7, 11) is 0. The topological polar surface area (TPSA) is 96.0 Å². The number of ether oxygens (including phenoxy) is 1. The average molecular weight is 338 g/mol. The molecule has 7 nitrogen and oxygen atoms in total. The van der Waals surface area contributed by atoms with Gasteiger partial charge in [-0.2, -0.15) is 0 Å². The molecule has 24 heavy (non-hydrogen) atoms. The van der Waals surface area contributed by atoms with Crippen LogP contribution < -0.4 is 4.74 Å². The Kier molecular flexibility index (Phi) is 4.83. The second kappa shape index (κ2) is 6.72. The van der Waals surface area contributed by atoms with E-state index < -0.39 is 11.9 Å². The molecule has 0 aliphatic carbocycles. The van der Waals surface area contributed by atoms with Gasteiger partial charge in [-0.05, 0) is 43.3 Å². The number of aliphatic hydroxyl groups excluding tert-OH is 1. The molecule has 0 radical (unpaired) electrons. The first kappa shape index (κ1) is 17.2. The van der Waals surface area contributed by atoms with Crippen molar-refractivity contribution < 1.29 is 24.3 Å². The van der Waals surface area contributed by atoms with Crippen molar-refractivity contribution in [3.63, 3.8) is 0 Å². The van der Waals surface area contributed by atoms with E-state index in [2.05, 4.69) is 10.1 Å². The van der Waals surface area contributed by atoms with Gasteiger partial charge >= 0.3 is 5.97 Å². The van der Waals surface area contributed by atoms with Crippen LogP contribution in [0.2, 0.25) is 0 Å². The molecule has 134 valence electrons. The molecule has 0 amide bonds. The zero-order chi connectivity index (χ0) is 17.3. The lowest BCUT2D eigenvalue weighted by atomic mass is 9.94. The Balaban J connectivity index is 1.61. The molecule has 0 bridgehead atoms. The van der Waals surface area contributed by atoms with Crippen molar-refractivity contribution in [3.05, 3.63) is 11.8 Å². The van der Waals surface area contributed by atoms with E-state index in [1.54, 1.807) is 6.07 Å². The fourth-order valence-corrected chi connectivity index (χ4v) is 4.21. The van der Waals surface area contributed by atoms with Gasteiger partial charge in [-0.25, -0.2) is 0 Å². The van der Waals surface area contributed by atoms with E-state index in [9.17, 15) is 15.0 Å².